The first-order valence-electron chi connectivity index (χ1n) is 6.35. The molecule has 1 heterocycles. The standard InChI is InChI=1S/C14H10ClF2N5/c15-11-2-1-3-12(16)10(11)7-18-14-6-9(4-5-13(14)17)22-8-19-20-21-22/h1-6,8,18H,7H2. The SMILES string of the molecule is Fc1ccc(-n2cnnn2)cc1NCc1c(F)cccc1Cl. The Hall–Kier alpha value is -2.54. The highest BCUT2D eigenvalue weighted by Crippen LogP contribution is 2.23. The second kappa shape index (κ2) is 6.07. The van der Waals surface area contributed by atoms with Crippen LogP contribution in [-0.4, -0.2) is 20.2 Å². The van der Waals surface area contributed by atoms with Crippen molar-refractivity contribution in [3.05, 3.63) is 64.9 Å². The molecule has 0 aliphatic heterocycles. The van der Waals surface area contributed by atoms with Crippen LogP contribution in [0.15, 0.2) is 42.7 Å². The largest absolute Gasteiger partial charge is 0.378 e. The predicted octanol–water partition coefficient (Wildman–Crippen LogP) is 3.21. The van der Waals surface area contributed by atoms with Crippen LogP contribution in [0.3, 0.4) is 0 Å². The lowest BCUT2D eigenvalue weighted by atomic mass is 10.2. The molecule has 1 N–H and O–H groups in total. The van der Waals surface area contributed by atoms with E-state index >= 15 is 0 Å². The van der Waals surface area contributed by atoms with Crippen molar-refractivity contribution in [2.75, 3.05) is 5.32 Å². The molecule has 0 aliphatic carbocycles. The Balaban J connectivity index is 1.85. The van der Waals surface area contributed by atoms with Crippen molar-refractivity contribution in [1.82, 2.24) is 20.2 Å². The molecule has 5 nitrogen and oxygen atoms in total. The molecule has 22 heavy (non-hydrogen) atoms. The molecule has 0 bridgehead atoms. The van der Waals surface area contributed by atoms with E-state index in [1.165, 1.54) is 41.3 Å². The maximum Gasteiger partial charge on any atom is 0.146 e. The number of hydrogen-bond acceptors (Lipinski definition) is 4. The summed E-state index contributed by atoms with van der Waals surface area (Å²) >= 11 is 5.94. The van der Waals surface area contributed by atoms with E-state index in [1.807, 2.05) is 0 Å². The van der Waals surface area contributed by atoms with Crippen LogP contribution in [0.2, 0.25) is 5.02 Å². The van der Waals surface area contributed by atoms with E-state index in [0.29, 0.717) is 5.69 Å². The molecule has 8 heteroatoms. The first-order valence-corrected chi connectivity index (χ1v) is 6.72. The molecule has 0 amide bonds. The third-order valence-corrected chi connectivity index (χ3v) is 3.43. The summed E-state index contributed by atoms with van der Waals surface area (Å²) in [4.78, 5) is 0. The Labute approximate surface area is 129 Å². The Kier molecular flexibility index (Phi) is 3.97. The van der Waals surface area contributed by atoms with E-state index in [-0.39, 0.29) is 22.8 Å². The van der Waals surface area contributed by atoms with Crippen LogP contribution in [0.25, 0.3) is 5.69 Å². The smallest absolute Gasteiger partial charge is 0.146 e. The number of halogens is 3. The van der Waals surface area contributed by atoms with Crippen LogP contribution in [0.5, 0.6) is 0 Å². The summed E-state index contributed by atoms with van der Waals surface area (Å²) in [5.74, 6) is -0.915. The lowest BCUT2D eigenvalue weighted by molar-refractivity contribution is 0.610. The quantitative estimate of drug-likeness (QED) is 0.801. The summed E-state index contributed by atoms with van der Waals surface area (Å²) in [6.45, 7) is 0.0570. The van der Waals surface area contributed by atoms with Gasteiger partial charge in [0.25, 0.3) is 0 Å². The van der Waals surface area contributed by atoms with Crippen molar-refractivity contribution in [2.45, 2.75) is 6.54 Å². The van der Waals surface area contributed by atoms with Gasteiger partial charge in [0.15, 0.2) is 0 Å². The van der Waals surface area contributed by atoms with Gasteiger partial charge in [-0.05, 0) is 40.8 Å². The summed E-state index contributed by atoms with van der Waals surface area (Å²) in [5, 5.41) is 13.9. The van der Waals surface area contributed by atoms with Gasteiger partial charge in [-0.15, -0.1) is 5.10 Å². The number of anilines is 1. The summed E-state index contributed by atoms with van der Waals surface area (Å²) < 4.78 is 29.0. The van der Waals surface area contributed by atoms with E-state index in [0.717, 1.165) is 0 Å². The molecule has 0 fully saturated rings. The lowest BCUT2D eigenvalue weighted by Crippen LogP contribution is -2.05. The van der Waals surface area contributed by atoms with E-state index in [1.54, 1.807) is 6.07 Å². The number of rotatable bonds is 4. The van der Waals surface area contributed by atoms with Gasteiger partial charge in [0, 0.05) is 17.1 Å². The van der Waals surface area contributed by atoms with Crippen molar-refractivity contribution in [3.8, 4) is 5.69 Å². The number of benzene rings is 2. The zero-order valence-electron chi connectivity index (χ0n) is 11.2. The van der Waals surface area contributed by atoms with Crippen LogP contribution in [0, 0.1) is 11.6 Å². The van der Waals surface area contributed by atoms with Crippen molar-refractivity contribution in [1.29, 1.82) is 0 Å². The molecular formula is C14H10ClF2N5. The highest BCUT2D eigenvalue weighted by molar-refractivity contribution is 6.31. The molecule has 1 aromatic heterocycles. The second-order valence-corrected chi connectivity index (χ2v) is 4.88. The van der Waals surface area contributed by atoms with Crippen LogP contribution < -0.4 is 5.32 Å². The molecule has 0 unspecified atom stereocenters. The number of hydrogen-bond donors (Lipinski definition) is 1. The average molecular weight is 322 g/mol. The minimum Gasteiger partial charge on any atom is -0.378 e. The van der Waals surface area contributed by atoms with Gasteiger partial charge < -0.3 is 5.32 Å². The Morgan fingerprint density at radius 1 is 1.14 bits per heavy atom. The zero-order valence-corrected chi connectivity index (χ0v) is 11.9. The summed E-state index contributed by atoms with van der Waals surface area (Å²) in [6, 6.07) is 8.74. The van der Waals surface area contributed by atoms with E-state index in [4.69, 9.17) is 11.6 Å². The zero-order chi connectivity index (χ0) is 15.5. The van der Waals surface area contributed by atoms with Gasteiger partial charge in [-0.3, -0.25) is 0 Å². The van der Waals surface area contributed by atoms with E-state index in [9.17, 15) is 8.78 Å². The first kappa shape index (κ1) is 14.4. The van der Waals surface area contributed by atoms with Crippen molar-refractivity contribution in [3.63, 3.8) is 0 Å². The van der Waals surface area contributed by atoms with Crippen LogP contribution in [-0.2, 0) is 6.54 Å². The topological polar surface area (TPSA) is 55.6 Å². The van der Waals surface area contributed by atoms with E-state index in [2.05, 4.69) is 20.8 Å². The van der Waals surface area contributed by atoms with Gasteiger partial charge in [-0.2, -0.15) is 0 Å². The Bertz CT molecular complexity index is 772. The second-order valence-electron chi connectivity index (χ2n) is 4.47. The molecule has 0 spiro atoms. The van der Waals surface area contributed by atoms with Crippen molar-refractivity contribution >= 4 is 17.3 Å². The summed E-state index contributed by atoms with van der Waals surface area (Å²) in [5.41, 5.74) is 1.05. The van der Waals surface area contributed by atoms with Crippen molar-refractivity contribution in [2.24, 2.45) is 0 Å². The maximum absolute atomic E-state index is 13.9. The molecule has 112 valence electrons. The highest BCUT2D eigenvalue weighted by atomic mass is 35.5. The molecule has 3 rings (SSSR count). The fourth-order valence-corrected chi connectivity index (χ4v) is 2.19. The molecular weight excluding hydrogens is 312 g/mol. The molecule has 0 radical (unpaired) electrons. The normalized spacial score (nSPS) is 10.7. The highest BCUT2D eigenvalue weighted by Gasteiger charge is 2.09. The van der Waals surface area contributed by atoms with Crippen LogP contribution in [0.4, 0.5) is 14.5 Å². The van der Waals surface area contributed by atoms with Crippen LogP contribution >= 0.6 is 11.6 Å². The molecule has 0 saturated heterocycles. The van der Waals surface area contributed by atoms with Gasteiger partial charge >= 0.3 is 0 Å². The number of nitrogens with zero attached hydrogens (tertiary/aromatic N) is 4. The van der Waals surface area contributed by atoms with Crippen LogP contribution in [0.1, 0.15) is 5.56 Å². The molecule has 0 aliphatic rings. The van der Waals surface area contributed by atoms with Gasteiger partial charge in [0.1, 0.15) is 18.0 Å². The van der Waals surface area contributed by atoms with Gasteiger partial charge in [-0.1, -0.05) is 17.7 Å². The van der Waals surface area contributed by atoms with E-state index < -0.39 is 11.6 Å². The maximum atomic E-state index is 13.9. The summed E-state index contributed by atoms with van der Waals surface area (Å²) in [6.07, 6.45) is 1.39. The fraction of sp³-hybridized carbons (Fsp3) is 0.0714. The first-order chi connectivity index (χ1) is 10.6. The predicted molar refractivity (Wildman–Crippen MR) is 77.8 cm³/mol. The monoisotopic (exact) mass is 321 g/mol. The minimum absolute atomic E-state index is 0.0570. The molecule has 3 aromatic rings. The third-order valence-electron chi connectivity index (χ3n) is 3.08. The number of aromatic nitrogens is 4. The third kappa shape index (κ3) is 2.89. The molecule has 0 atom stereocenters. The number of nitrogens with one attached hydrogen (secondary N) is 1. The summed E-state index contributed by atoms with van der Waals surface area (Å²) in [7, 11) is 0. The van der Waals surface area contributed by atoms with Gasteiger partial charge in [0.05, 0.1) is 11.4 Å². The fourth-order valence-electron chi connectivity index (χ4n) is 1.96. The Morgan fingerprint density at radius 3 is 2.73 bits per heavy atom. The minimum atomic E-state index is -0.468. The lowest BCUT2D eigenvalue weighted by Gasteiger charge is -2.11. The number of tetrazole rings is 1. The van der Waals surface area contributed by atoms with Gasteiger partial charge in [-0.25, -0.2) is 13.5 Å². The Morgan fingerprint density at radius 2 is 2.00 bits per heavy atom. The molecule has 2 aromatic carbocycles. The van der Waals surface area contributed by atoms with Gasteiger partial charge in [0.2, 0.25) is 0 Å². The van der Waals surface area contributed by atoms with Crippen molar-refractivity contribution < 1.29 is 8.78 Å². The molecule has 0 saturated carbocycles. The average Bonchev–Trinajstić information content (AvgIpc) is 3.02.